The molecule has 0 unspecified atom stereocenters. The lowest BCUT2D eigenvalue weighted by Gasteiger charge is -2.37. The normalized spacial score (nSPS) is 17.2. The van der Waals surface area contributed by atoms with Gasteiger partial charge in [-0.15, -0.1) is 0 Å². The second kappa shape index (κ2) is 6.00. The molecular formula is C18H18O3. The van der Waals surface area contributed by atoms with Gasteiger partial charge in [-0.1, -0.05) is 36.4 Å². The quantitative estimate of drug-likeness (QED) is 0.796. The van der Waals surface area contributed by atoms with Crippen LogP contribution in [-0.4, -0.2) is 11.6 Å². The predicted molar refractivity (Wildman–Crippen MR) is 80.3 cm³/mol. The van der Waals surface area contributed by atoms with Gasteiger partial charge in [0.1, 0.15) is 17.3 Å². The van der Waals surface area contributed by atoms with Gasteiger partial charge in [-0.05, 0) is 24.3 Å². The summed E-state index contributed by atoms with van der Waals surface area (Å²) in [7, 11) is 0. The van der Waals surface area contributed by atoms with Crippen LogP contribution in [0.25, 0.3) is 0 Å². The second-order valence-electron chi connectivity index (χ2n) is 5.28. The first-order chi connectivity index (χ1) is 10.3. The number of carbonyl (C=O) groups is 1. The van der Waals surface area contributed by atoms with E-state index >= 15 is 0 Å². The Morgan fingerprint density at radius 3 is 1.57 bits per heavy atom. The maximum atomic E-state index is 11.5. The molecule has 1 fully saturated rings. The highest BCUT2D eigenvalue weighted by Gasteiger charge is 2.39. The first-order valence-electron chi connectivity index (χ1n) is 7.26. The highest BCUT2D eigenvalue weighted by Crippen LogP contribution is 2.34. The second-order valence-corrected chi connectivity index (χ2v) is 5.28. The Balaban J connectivity index is 1.82. The summed E-state index contributed by atoms with van der Waals surface area (Å²) < 4.78 is 12.2. The lowest BCUT2D eigenvalue weighted by Crippen LogP contribution is -2.45. The molecule has 0 atom stereocenters. The fourth-order valence-corrected chi connectivity index (χ4v) is 2.54. The topological polar surface area (TPSA) is 35.5 Å². The Hall–Kier alpha value is -2.29. The van der Waals surface area contributed by atoms with Gasteiger partial charge < -0.3 is 9.47 Å². The number of hydrogen-bond acceptors (Lipinski definition) is 3. The molecule has 2 aromatic rings. The number of hydrogen-bond donors (Lipinski definition) is 0. The van der Waals surface area contributed by atoms with E-state index in [9.17, 15) is 4.79 Å². The van der Waals surface area contributed by atoms with Crippen molar-refractivity contribution in [1.82, 2.24) is 0 Å². The molecule has 0 aliphatic heterocycles. The molecule has 0 heterocycles. The van der Waals surface area contributed by atoms with Crippen molar-refractivity contribution in [2.45, 2.75) is 31.5 Å². The van der Waals surface area contributed by atoms with Crippen molar-refractivity contribution in [3.05, 3.63) is 60.7 Å². The highest BCUT2D eigenvalue weighted by molar-refractivity contribution is 5.79. The summed E-state index contributed by atoms with van der Waals surface area (Å²) in [6.07, 6.45) is 2.16. The van der Waals surface area contributed by atoms with Gasteiger partial charge in [-0.3, -0.25) is 4.79 Å². The molecule has 3 nitrogen and oxygen atoms in total. The standard InChI is InChI=1S/C18H18O3/c19-15-11-13-18(14-12-15,20-16-7-3-1-4-8-16)21-17-9-5-2-6-10-17/h1-10H,11-14H2. The van der Waals surface area contributed by atoms with Crippen molar-refractivity contribution in [1.29, 1.82) is 0 Å². The molecule has 3 rings (SSSR count). The fourth-order valence-electron chi connectivity index (χ4n) is 2.54. The molecule has 108 valence electrons. The Morgan fingerprint density at radius 1 is 0.714 bits per heavy atom. The smallest absolute Gasteiger partial charge is 0.252 e. The van der Waals surface area contributed by atoms with Gasteiger partial charge in [0.05, 0.1) is 0 Å². The van der Waals surface area contributed by atoms with Crippen molar-refractivity contribution in [3.8, 4) is 11.5 Å². The Labute approximate surface area is 124 Å². The summed E-state index contributed by atoms with van der Waals surface area (Å²) in [5.41, 5.74) is 0. The van der Waals surface area contributed by atoms with E-state index in [0.717, 1.165) is 11.5 Å². The molecule has 0 amide bonds. The van der Waals surface area contributed by atoms with Crippen LogP contribution in [0.2, 0.25) is 0 Å². The van der Waals surface area contributed by atoms with Gasteiger partial charge in [0.25, 0.3) is 5.79 Å². The zero-order chi connectivity index (χ0) is 14.5. The summed E-state index contributed by atoms with van der Waals surface area (Å²) in [6, 6.07) is 19.3. The zero-order valence-corrected chi connectivity index (χ0v) is 11.8. The molecule has 1 aliphatic carbocycles. The Kier molecular flexibility index (Phi) is 3.91. The van der Waals surface area contributed by atoms with Crippen LogP contribution in [0.15, 0.2) is 60.7 Å². The molecular weight excluding hydrogens is 264 g/mol. The summed E-state index contributed by atoms with van der Waals surface area (Å²) in [5.74, 6) is 1.06. The highest BCUT2D eigenvalue weighted by atomic mass is 16.7. The maximum Gasteiger partial charge on any atom is 0.252 e. The molecule has 21 heavy (non-hydrogen) atoms. The van der Waals surface area contributed by atoms with Crippen LogP contribution < -0.4 is 9.47 Å². The lowest BCUT2D eigenvalue weighted by molar-refractivity contribution is -0.151. The van der Waals surface area contributed by atoms with E-state index in [4.69, 9.17) is 9.47 Å². The number of Topliss-reactive ketones (excluding diaryl/α,β-unsaturated/α-hetero) is 1. The summed E-state index contributed by atoms with van der Waals surface area (Å²) in [6.45, 7) is 0. The largest absolute Gasteiger partial charge is 0.452 e. The van der Waals surface area contributed by atoms with Crippen LogP contribution in [-0.2, 0) is 4.79 Å². The monoisotopic (exact) mass is 282 g/mol. The first kappa shape index (κ1) is 13.7. The van der Waals surface area contributed by atoms with Crippen LogP contribution in [0, 0.1) is 0 Å². The van der Waals surface area contributed by atoms with E-state index in [1.807, 2.05) is 60.7 Å². The molecule has 1 aliphatic rings. The van der Waals surface area contributed by atoms with Gasteiger partial charge in [-0.2, -0.15) is 0 Å². The Bertz CT molecular complexity index is 539. The van der Waals surface area contributed by atoms with Crippen molar-refractivity contribution < 1.29 is 14.3 Å². The molecule has 2 aromatic carbocycles. The van der Waals surface area contributed by atoms with Crippen molar-refractivity contribution >= 4 is 5.78 Å². The first-order valence-corrected chi connectivity index (χ1v) is 7.26. The number of ether oxygens (including phenoxy) is 2. The Morgan fingerprint density at radius 2 is 1.14 bits per heavy atom. The van der Waals surface area contributed by atoms with Crippen molar-refractivity contribution in [2.75, 3.05) is 0 Å². The fraction of sp³-hybridized carbons (Fsp3) is 0.278. The van der Waals surface area contributed by atoms with Gasteiger partial charge in [0, 0.05) is 25.7 Å². The van der Waals surface area contributed by atoms with Gasteiger partial charge in [0.15, 0.2) is 0 Å². The molecule has 0 N–H and O–H groups in total. The molecule has 3 heteroatoms. The maximum absolute atomic E-state index is 11.5. The summed E-state index contributed by atoms with van der Waals surface area (Å²) in [5, 5.41) is 0. The summed E-state index contributed by atoms with van der Waals surface area (Å²) in [4.78, 5) is 11.5. The van der Waals surface area contributed by atoms with E-state index in [1.165, 1.54) is 0 Å². The van der Waals surface area contributed by atoms with Gasteiger partial charge in [0.2, 0.25) is 0 Å². The average Bonchev–Trinajstić information content (AvgIpc) is 2.52. The van der Waals surface area contributed by atoms with Crippen LogP contribution >= 0.6 is 0 Å². The van der Waals surface area contributed by atoms with Crippen LogP contribution in [0.1, 0.15) is 25.7 Å². The average molecular weight is 282 g/mol. The molecule has 0 bridgehead atoms. The third kappa shape index (κ3) is 3.43. The van der Waals surface area contributed by atoms with Gasteiger partial charge in [-0.25, -0.2) is 0 Å². The van der Waals surface area contributed by atoms with E-state index in [0.29, 0.717) is 25.7 Å². The minimum absolute atomic E-state index is 0.277. The van der Waals surface area contributed by atoms with E-state index in [1.54, 1.807) is 0 Å². The van der Waals surface area contributed by atoms with Crippen LogP contribution in [0.3, 0.4) is 0 Å². The van der Waals surface area contributed by atoms with Crippen molar-refractivity contribution in [2.24, 2.45) is 0 Å². The molecule has 1 saturated carbocycles. The third-order valence-corrected chi connectivity index (χ3v) is 3.66. The SMILES string of the molecule is O=C1CCC(Oc2ccccc2)(Oc2ccccc2)CC1. The molecule has 0 aromatic heterocycles. The van der Waals surface area contributed by atoms with Crippen LogP contribution in [0.5, 0.6) is 11.5 Å². The van der Waals surface area contributed by atoms with Gasteiger partial charge >= 0.3 is 0 Å². The minimum Gasteiger partial charge on any atom is -0.452 e. The molecule has 0 saturated heterocycles. The molecule has 0 spiro atoms. The number of carbonyl (C=O) groups excluding carboxylic acids is 1. The van der Waals surface area contributed by atoms with Crippen LogP contribution in [0.4, 0.5) is 0 Å². The van der Waals surface area contributed by atoms with E-state index < -0.39 is 5.79 Å². The number of para-hydroxylation sites is 2. The van der Waals surface area contributed by atoms with Crippen molar-refractivity contribution in [3.63, 3.8) is 0 Å². The summed E-state index contributed by atoms with van der Waals surface area (Å²) >= 11 is 0. The predicted octanol–water partition coefficient (Wildman–Crippen LogP) is 3.98. The minimum atomic E-state index is -0.753. The number of rotatable bonds is 4. The van der Waals surface area contributed by atoms with E-state index in [2.05, 4.69) is 0 Å². The zero-order valence-electron chi connectivity index (χ0n) is 11.8. The number of ketones is 1. The third-order valence-electron chi connectivity index (χ3n) is 3.66. The number of benzene rings is 2. The lowest BCUT2D eigenvalue weighted by atomic mass is 9.92. The molecule has 0 radical (unpaired) electrons. The van der Waals surface area contributed by atoms with E-state index in [-0.39, 0.29) is 5.78 Å².